The average molecular weight is 259 g/mol. The van der Waals surface area contributed by atoms with Crippen LogP contribution in [-0.4, -0.2) is 9.55 Å². The van der Waals surface area contributed by atoms with Crippen molar-refractivity contribution >= 4 is 33.3 Å². The molecule has 0 amide bonds. The Balaban J connectivity index is 2.57. The zero-order valence-corrected chi connectivity index (χ0v) is 10.6. The number of nitrogens with zero attached hydrogens (tertiary/aromatic N) is 2. The van der Waals surface area contributed by atoms with Crippen molar-refractivity contribution in [2.24, 2.45) is 0 Å². The van der Waals surface area contributed by atoms with E-state index in [0.29, 0.717) is 17.4 Å². The second kappa shape index (κ2) is 4.10. The zero-order valence-electron chi connectivity index (χ0n) is 9.85. The van der Waals surface area contributed by atoms with Crippen LogP contribution in [0, 0.1) is 0 Å². The van der Waals surface area contributed by atoms with Crippen LogP contribution in [0.15, 0.2) is 41.2 Å². The van der Waals surface area contributed by atoms with Crippen LogP contribution in [-0.2, 0) is 6.54 Å². The van der Waals surface area contributed by atoms with E-state index < -0.39 is 0 Å². The topological polar surface area (TPSA) is 34.9 Å². The molecular weight excluding hydrogens is 248 g/mol. The Bertz CT molecular complexity index is 808. The van der Waals surface area contributed by atoms with Gasteiger partial charge in [-0.3, -0.25) is 9.36 Å². The van der Waals surface area contributed by atoms with Crippen molar-refractivity contribution < 1.29 is 0 Å². The summed E-state index contributed by atoms with van der Waals surface area (Å²) in [5.41, 5.74) is 0.589. The maximum Gasteiger partial charge on any atom is 0.262 e. The van der Waals surface area contributed by atoms with E-state index in [1.54, 1.807) is 0 Å². The van der Waals surface area contributed by atoms with Gasteiger partial charge in [-0.25, -0.2) is 4.98 Å². The molecule has 0 bridgehead atoms. The zero-order chi connectivity index (χ0) is 12.7. The van der Waals surface area contributed by atoms with Crippen LogP contribution in [0.3, 0.4) is 0 Å². The third-order valence-electron chi connectivity index (χ3n) is 3.12. The minimum Gasteiger partial charge on any atom is -0.283 e. The first kappa shape index (κ1) is 11.2. The van der Waals surface area contributed by atoms with Crippen molar-refractivity contribution in [1.82, 2.24) is 9.55 Å². The number of hydrogen-bond donors (Lipinski definition) is 0. The second-order valence-electron chi connectivity index (χ2n) is 4.11. The van der Waals surface area contributed by atoms with Crippen LogP contribution < -0.4 is 5.56 Å². The fourth-order valence-corrected chi connectivity index (χ4v) is 2.48. The maximum atomic E-state index is 12.3. The van der Waals surface area contributed by atoms with Crippen molar-refractivity contribution in [2.75, 3.05) is 0 Å². The number of rotatable bonds is 1. The number of hydrogen-bond acceptors (Lipinski definition) is 2. The summed E-state index contributed by atoms with van der Waals surface area (Å²) in [6, 6.07) is 11.6. The summed E-state index contributed by atoms with van der Waals surface area (Å²) >= 11 is 6.06. The van der Waals surface area contributed by atoms with Crippen molar-refractivity contribution in [3.8, 4) is 0 Å². The van der Waals surface area contributed by atoms with Crippen molar-refractivity contribution in [3.63, 3.8) is 0 Å². The lowest BCUT2D eigenvalue weighted by atomic mass is 10.1. The predicted octanol–water partition coefficient (Wildman–Crippen LogP) is 3.22. The summed E-state index contributed by atoms with van der Waals surface area (Å²) in [6.07, 6.45) is 0. The molecule has 0 radical (unpaired) electrons. The van der Waals surface area contributed by atoms with E-state index in [1.165, 1.54) is 4.57 Å². The van der Waals surface area contributed by atoms with Gasteiger partial charge in [-0.1, -0.05) is 30.3 Å². The predicted molar refractivity (Wildman–Crippen MR) is 74.2 cm³/mol. The highest BCUT2D eigenvalue weighted by atomic mass is 35.5. The van der Waals surface area contributed by atoms with Crippen molar-refractivity contribution in [2.45, 2.75) is 13.5 Å². The van der Waals surface area contributed by atoms with Gasteiger partial charge in [0.15, 0.2) is 0 Å². The molecule has 0 aliphatic heterocycles. The lowest BCUT2D eigenvalue weighted by molar-refractivity contribution is 0.719. The number of aromatic nitrogens is 2. The van der Waals surface area contributed by atoms with Gasteiger partial charge in [0.05, 0.1) is 10.9 Å². The highest BCUT2D eigenvalue weighted by Gasteiger charge is 2.10. The van der Waals surface area contributed by atoms with E-state index in [-0.39, 0.29) is 10.8 Å². The SMILES string of the molecule is CCn1c(Cl)nc2c(ccc3ccccc32)c1=O. The molecule has 2 aromatic carbocycles. The molecule has 3 nitrogen and oxygen atoms in total. The Labute approximate surface area is 109 Å². The quantitative estimate of drug-likeness (QED) is 0.496. The van der Waals surface area contributed by atoms with Gasteiger partial charge in [-0.2, -0.15) is 0 Å². The molecule has 3 rings (SSSR count). The molecule has 0 saturated carbocycles. The van der Waals surface area contributed by atoms with Gasteiger partial charge in [0.1, 0.15) is 0 Å². The highest BCUT2D eigenvalue weighted by Crippen LogP contribution is 2.22. The fourth-order valence-electron chi connectivity index (χ4n) is 2.20. The van der Waals surface area contributed by atoms with E-state index in [2.05, 4.69) is 4.98 Å². The molecule has 3 aromatic rings. The molecule has 1 aromatic heterocycles. The molecule has 4 heteroatoms. The average Bonchev–Trinajstić information content (AvgIpc) is 2.39. The van der Waals surface area contributed by atoms with Gasteiger partial charge in [0, 0.05) is 11.9 Å². The van der Waals surface area contributed by atoms with Gasteiger partial charge < -0.3 is 0 Å². The van der Waals surface area contributed by atoms with Gasteiger partial charge in [0.25, 0.3) is 5.56 Å². The Hall–Kier alpha value is -1.87. The highest BCUT2D eigenvalue weighted by molar-refractivity contribution is 6.29. The molecule has 90 valence electrons. The van der Waals surface area contributed by atoms with Crippen LogP contribution in [0.5, 0.6) is 0 Å². The van der Waals surface area contributed by atoms with E-state index >= 15 is 0 Å². The monoisotopic (exact) mass is 258 g/mol. The van der Waals surface area contributed by atoms with Gasteiger partial charge in [-0.15, -0.1) is 0 Å². The lowest BCUT2D eigenvalue weighted by Gasteiger charge is -2.08. The minimum absolute atomic E-state index is 0.0850. The second-order valence-corrected chi connectivity index (χ2v) is 4.45. The number of halogens is 1. The lowest BCUT2D eigenvalue weighted by Crippen LogP contribution is -2.21. The normalized spacial score (nSPS) is 11.2. The summed E-state index contributed by atoms with van der Waals surface area (Å²) in [6.45, 7) is 2.40. The van der Waals surface area contributed by atoms with Crippen molar-refractivity contribution in [3.05, 3.63) is 52.0 Å². The van der Waals surface area contributed by atoms with Crippen LogP contribution in [0.1, 0.15) is 6.92 Å². The first-order valence-electron chi connectivity index (χ1n) is 5.80. The Morgan fingerprint density at radius 3 is 2.72 bits per heavy atom. The van der Waals surface area contributed by atoms with Gasteiger partial charge in [0.2, 0.25) is 5.28 Å². The molecule has 0 N–H and O–H groups in total. The summed E-state index contributed by atoms with van der Waals surface area (Å²) < 4.78 is 1.47. The van der Waals surface area contributed by atoms with E-state index in [9.17, 15) is 4.79 Å². The third kappa shape index (κ3) is 1.51. The summed E-state index contributed by atoms with van der Waals surface area (Å²) in [4.78, 5) is 16.6. The van der Waals surface area contributed by atoms with Crippen molar-refractivity contribution in [1.29, 1.82) is 0 Å². The number of fused-ring (bicyclic) bond motifs is 3. The van der Waals surface area contributed by atoms with E-state index in [0.717, 1.165) is 10.8 Å². The van der Waals surface area contributed by atoms with Gasteiger partial charge >= 0.3 is 0 Å². The smallest absolute Gasteiger partial charge is 0.262 e. The van der Waals surface area contributed by atoms with E-state index in [1.807, 2.05) is 43.3 Å². The van der Waals surface area contributed by atoms with Gasteiger partial charge in [-0.05, 0) is 30.0 Å². The molecule has 1 heterocycles. The van der Waals surface area contributed by atoms with Crippen LogP contribution in [0.2, 0.25) is 5.28 Å². The molecule has 0 atom stereocenters. The van der Waals surface area contributed by atoms with Crippen LogP contribution in [0.4, 0.5) is 0 Å². The summed E-state index contributed by atoms with van der Waals surface area (Å²) in [5.74, 6) is 0. The Morgan fingerprint density at radius 2 is 1.94 bits per heavy atom. The standard InChI is InChI=1S/C14H11ClN2O/c1-2-17-13(18)11-8-7-9-5-3-4-6-10(9)12(11)16-14(17)15/h3-8H,2H2,1H3. The molecule has 0 spiro atoms. The molecule has 0 aliphatic rings. The summed E-state index contributed by atoms with van der Waals surface area (Å²) in [5, 5.41) is 2.87. The maximum absolute atomic E-state index is 12.3. The largest absolute Gasteiger partial charge is 0.283 e. The Morgan fingerprint density at radius 1 is 1.17 bits per heavy atom. The first-order valence-corrected chi connectivity index (χ1v) is 6.18. The van der Waals surface area contributed by atoms with Crippen LogP contribution >= 0.6 is 11.6 Å². The Kier molecular flexibility index (Phi) is 2.56. The first-order chi connectivity index (χ1) is 8.72. The van der Waals surface area contributed by atoms with E-state index in [4.69, 9.17) is 11.6 Å². The minimum atomic E-state index is -0.0850. The molecule has 0 unspecified atom stereocenters. The molecule has 18 heavy (non-hydrogen) atoms. The molecule has 0 saturated heterocycles. The van der Waals surface area contributed by atoms with Crippen LogP contribution in [0.25, 0.3) is 21.7 Å². The summed E-state index contributed by atoms with van der Waals surface area (Å²) in [7, 11) is 0. The number of benzene rings is 2. The fraction of sp³-hybridized carbons (Fsp3) is 0.143. The molecular formula is C14H11ClN2O. The molecule has 0 fully saturated rings. The third-order valence-corrected chi connectivity index (χ3v) is 3.41. The molecule has 0 aliphatic carbocycles.